The Bertz CT molecular complexity index is 529. The Balaban J connectivity index is 1.93. The highest BCUT2D eigenvalue weighted by atomic mass is 16.5. The second-order valence-electron chi connectivity index (χ2n) is 4.90. The molecule has 100 valence electrons. The minimum Gasteiger partial charge on any atom is -0.453 e. The molecule has 0 aromatic heterocycles. The fraction of sp³-hybridized carbons (Fsp3) is 0.429. The first-order valence-electron chi connectivity index (χ1n) is 6.41. The van der Waals surface area contributed by atoms with Crippen molar-refractivity contribution in [2.75, 3.05) is 26.7 Å². The highest BCUT2D eigenvalue weighted by molar-refractivity contribution is 5.84. The van der Waals surface area contributed by atoms with E-state index in [-0.39, 0.29) is 18.5 Å². The number of rotatable bonds is 0. The van der Waals surface area contributed by atoms with Crippen LogP contribution in [0.5, 0.6) is 0 Å². The lowest BCUT2D eigenvalue weighted by molar-refractivity contribution is -0.139. The average molecular weight is 260 g/mol. The number of amides is 2. The maximum Gasteiger partial charge on any atom is 0.410 e. The van der Waals surface area contributed by atoms with Crippen LogP contribution in [0.3, 0.4) is 0 Å². The average Bonchev–Trinajstić information content (AvgIpc) is 2.46. The summed E-state index contributed by atoms with van der Waals surface area (Å²) in [6.45, 7) is 1.36. The topological polar surface area (TPSA) is 49.9 Å². The van der Waals surface area contributed by atoms with Crippen molar-refractivity contribution in [3.8, 4) is 0 Å². The van der Waals surface area contributed by atoms with Gasteiger partial charge in [0.15, 0.2) is 0 Å². The van der Waals surface area contributed by atoms with E-state index in [1.165, 1.54) is 17.6 Å². The number of nitrogens with zero attached hydrogens (tertiary/aromatic N) is 2. The van der Waals surface area contributed by atoms with Crippen molar-refractivity contribution in [3.63, 3.8) is 0 Å². The molecule has 2 amide bonds. The van der Waals surface area contributed by atoms with Crippen LogP contribution in [0, 0.1) is 0 Å². The Morgan fingerprint density at radius 2 is 2.16 bits per heavy atom. The molecule has 0 aliphatic carbocycles. The number of fused-ring (bicyclic) bond motifs is 3. The van der Waals surface area contributed by atoms with E-state index in [0.29, 0.717) is 6.54 Å². The van der Waals surface area contributed by atoms with Gasteiger partial charge in [0.1, 0.15) is 6.54 Å². The van der Waals surface area contributed by atoms with Crippen molar-refractivity contribution in [1.82, 2.24) is 9.80 Å². The number of methoxy groups -OCH3 is 1. The van der Waals surface area contributed by atoms with E-state index < -0.39 is 6.09 Å². The van der Waals surface area contributed by atoms with Gasteiger partial charge < -0.3 is 9.64 Å². The first-order chi connectivity index (χ1) is 9.20. The number of hydrogen-bond acceptors (Lipinski definition) is 3. The second kappa shape index (κ2) is 4.57. The molecule has 0 saturated carbocycles. The van der Waals surface area contributed by atoms with Crippen LogP contribution in [0.4, 0.5) is 4.79 Å². The highest BCUT2D eigenvalue weighted by Crippen LogP contribution is 2.32. The van der Waals surface area contributed by atoms with Gasteiger partial charge in [-0.1, -0.05) is 24.3 Å². The second-order valence-corrected chi connectivity index (χ2v) is 4.90. The summed E-state index contributed by atoms with van der Waals surface area (Å²) in [5, 5.41) is 0. The SMILES string of the molecule is COC(=O)N1CC(=O)N2CCc3ccccc3C2C1. The van der Waals surface area contributed by atoms with Crippen LogP contribution in [0.25, 0.3) is 0 Å². The van der Waals surface area contributed by atoms with Crippen molar-refractivity contribution < 1.29 is 14.3 Å². The van der Waals surface area contributed by atoms with E-state index in [4.69, 9.17) is 4.74 Å². The summed E-state index contributed by atoms with van der Waals surface area (Å²) >= 11 is 0. The molecular weight excluding hydrogens is 244 g/mol. The standard InChI is InChI=1S/C14H16N2O3/c1-19-14(18)15-8-12-11-5-3-2-4-10(11)6-7-16(12)13(17)9-15/h2-5,12H,6-9H2,1H3. The van der Waals surface area contributed by atoms with E-state index in [0.717, 1.165) is 18.5 Å². The molecule has 2 aliphatic heterocycles. The number of carbonyl (C=O) groups excluding carboxylic acids is 2. The smallest absolute Gasteiger partial charge is 0.410 e. The van der Waals surface area contributed by atoms with Crippen molar-refractivity contribution >= 4 is 12.0 Å². The zero-order chi connectivity index (χ0) is 13.4. The largest absolute Gasteiger partial charge is 0.453 e. The Labute approximate surface area is 111 Å². The zero-order valence-electron chi connectivity index (χ0n) is 10.8. The van der Waals surface area contributed by atoms with Crippen LogP contribution in [0.1, 0.15) is 17.2 Å². The van der Waals surface area contributed by atoms with Crippen molar-refractivity contribution in [2.24, 2.45) is 0 Å². The molecule has 1 unspecified atom stereocenters. The quantitative estimate of drug-likeness (QED) is 0.704. The van der Waals surface area contributed by atoms with Gasteiger partial charge in [-0.2, -0.15) is 0 Å². The molecular formula is C14H16N2O3. The number of piperazine rings is 1. The molecule has 1 aromatic rings. The number of ether oxygens (including phenoxy) is 1. The summed E-state index contributed by atoms with van der Waals surface area (Å²) in [7, 11) is 1.34. The normalized spacial score (nSPS) is 21.7. The van der Waals surface area contributed by atoms with Gasteiger partial charge in [-0.25, -0.2) is 4.79 Å². The lowest BCUT2D eigenvalue weighted by atomic mass is 9.91. The van der Waals surface area contributed by atoms with Crippen LogP contribution in [0.2, 0.25) is 0 Å². The molecule has 19 heavy (non-hydrogen) atoms. The molecule has 0 bridgehead atoms. The predicted octanol–water partition coefficient (Wildman–Crippen LogP) is 1.19. The molecule has 1 atom stereocenters. The monoisotopic (exact) mass is 260 g/mol. The van der Waals surface area contributed by atoms with Crippen LogP contribution in [-0.2, 0) is 16.0 Å². The molecule has 1 saturated heterocycles. The van der Waals surface area contributed by atoms with E-state index >= 15 is 0 Å². The van der Waals surface area contributed by atoms with Crippen LogP contribution in [0.15, 0.2) is 24.3 Å². The third-order valence-corrected chi connectivity index (χ3v) is 3.88. The number of carbonyl (C=O) groups is 2. The minimum absolute atomic E-state index is 0.00356. The molecule has 0 radical (unpaired) electrons. The Morgan fingerprint density at radius 1 is 1.37 bits per heavy atom. The lowest BCUT2D eigenvalue weighted by Crippen LogP contribution is -2.55. The van der Waals surface area contributed by atoms with Crippen molar-refractivity contribution in [2.45, 2.75) is 12.5 Å². The fourth-order valence-electron chi connectivity index (χ4n) is 2.94. The molecule has 2 heterocycles. The molecule has 5 heteroatoms. The van der Waals surface area contributed by atoms with Gasteiger partial charge in [0, 0.05) is 13.1 Å². The molecule has 0 N–H and O–H groups in total. The highest BCUT2D eigenvalue weighted by Gasteiger charge is 2.38. The summed E-state index contributed by atoms with van der Waals surface area (Å²) in [4.78, 5) is 27.1. The fourth-order valence-corrected chi connectivity index (χ4v) is 2.94. The lowest BCUT2D eigenvalue weighted by Gasteiger charge is -2.44. The van der Waals surface area contributed by atoms with Crippen LogP contribution >= 0.6 is 0 Å². The Kier molecular flexibility index (Phi) is 2.89. The molecule has 5 nitrogen and oxygen atoms in total. The predicted molar refractivity (Wildman–Crippen MR) is 68.6 cm³/mol. The zero-order valence-corrected chi connectivity index (χ0v) is 10.8. The first kappa shape index (κ1) is 12.0. The van der Waals surface area contributed by atoms with E-state index in [1.807, 2.05) is 23.1 Å². The summed E-state index contributed by atoms with van der Waals surface area (Å²) in [5.74, 6) is -0.00356. The molecule has 1 aromatic carbocycles. The summed E-state index contributed by atoms with van der Waals surface area (Å²) in [6, 6.07) is 8.08. The van der Waals surface area contributed by atoms with Crippen molar-refractivity contribution in [3.05, 3.63) is 35.4 Å². The van der Waals surface area contributed by atoms with Gasteiger partial charge in [0.25, 0.3) is 0 Å². The van der Waals surface area contributed by atoms with E-state index in [2.05, 4.69) is 6.07 Å². The van der Waals surface area contributed by atoms with Gasteiger partial charge >= 0.3 is 6.09 Å². The maximum atomic E-state index is 12.1. The molecule has 2 aliphatic rings. The van der Waals surface area contributed by atoms with Crippen molar-refractivity contribution in [1.29, 1.82) is 0 Å². The van der Waals surface area contributed by atoms with E-state index in [9.17, 15) is 9.59 Å². The Morgan fingerprint density at radius 3 is 2.95 bits per heavy atom. The van der Waals surface area contributed by atoms with Gasteiger partial charge in [-0.05, 0) is 17.5 Å². The van der Waals surface area contributed by atoms with Gasteiger partial charge in [0.05, 0.1) is 13.2 Å². The minimum atomic E-state index is -0.434. The van der Waals surface area contributed by atoms with E-state index in [1.54, 1.807) is 0 Å². The number of hydrogen-bond donors (Lipinski definition) is 0. The summed E-state index contributed by atoms with van der Waals surface area (Å²) in [5.41, 5.74) is 2.42. The van der Waals surface area contributed by atoms with Gasteiger partial charge in [-0.15, -0.1) is 0 Å². The molecule has 1 fully saturated rings. The summed E-state index contributed by atoms with van der Waals surface area (Å²) in [6.07, 6.45) is 0.451. The molecule has 3 rings (SSSR count). The van der Waals surface area contributed by atoms with Gasteiger partial charge in [0.2, 0.25) is 5.91 Å². The molecule has 0 spiro atoms. The third kappa shape index (κ3) is 1.95. The van der Waals surface area contributed by atoms with Crippen LogP contribution in [-0.4, -0.2) is 48.5 Å². The summed E-state index contributed by atoms with van der Waals surface area (Å²) < 4.78 is 4.72. The third-order valence-electron chi connectivity index (χ3n) is 3.88. The van der Waals surface area contributed by atoms with Crippen LogP contribution < -0.4 is 0 Å². The Hall–Kier alpha value is -2.04. The van der Waals surface area contributed by atoms with Gasteiger partial charge in [-0.3, -0.25) is 9.69 Å². The number of benzene rings is 1. The first-order valence-corrected chi connectivity index (χ1v) is 6.41. The maximum absolute atomic E-state index is 12.1.